The summed E-state index contributed by atoms with van der Waals surface area (Å²) >= 11 is 12.0. The smallest absolute Gasteiger partial charge is 0.347 e. The molecule has 4 nitrogen and oxygen atoms in total. The molecule has 1 aliphatic heterocycles. The molecular formula is C13H11Cl2N3O. The maximum absolute atomic E-state index is 11.8. The maximum Gasteiger partial charge on any atom is 0.347 e. The lowest BCUT2D eigenvalue weighted by Gasteiger charge is -2.28. The number of rotatable bonds is 2. The van der Waals surface area contributed by atoms with Crippen LogP contribution in [-0.2, 0) is 0 Å². The Kier molecular flexibility index (Phi) is 3.70. The Morgan fingerprint density at radius 3 is 2.79 bits per heavy atom. The predicted octanol–water partition coefficient (Wildman–Crippen LogP) is 2.85. The highest BCUT2D eigenvalue weighted by atomic mass is 35.5. The number of hydrogen-bond acceptors (Lipinski definition) is 2. The number of amidine groups is 1. The van der Waals surface area contributed by atoms with Gasteiger partial charge in [0.25, 0.3) is 0 Å². The summed E-state index contributed by atoms with van der Waals surface area (Å²) in [4.78, 5) is 17.0. The minimum atomic E-state index is -0.552. The van der Waals surface area contributed by atoms with E-state index in [4.69, 9.17) is 35.4 Å². The van der Waals surface area contributed by atoms with Crippen LogP contribution in [0.25, 0.3) is 0 Å². The highest BCUT2D eigenvalue weighted by Gasteiger charge is 2.38. The zero-order valence-electron chi connectivity index (χ0n) is 10.1. The van der Waals surface area contributed by atoms with E-state index in [9.17, 15) is 4.79 Å². The van der Waals surface area contributed by atoms with Gasteiger partial charge in [0.1, 0.15) is 11.9 Å². The van der Waals surface area contributed by atoms with Gasteiger partial charge < -0.3 is 5.73 Å². The lowest BCUT2D eigenvalue weighted by molar-refractivity contribution is 0.199. The van der Waals surface area contributed by atoms with Crippen LogP contribution >= 0.6 is 23.2 Å². The van der Waals surface area contributed by atoms with Crippen LogP contribution in [0.1, 0.15) is 18.5 Å². The van der Waals surface area contributed by atoms with Crippen LogP contribution in [0.3, 0.4) is 0 Å². The van der Waals surface area contributed by atoms with Crippen LogP contribution in [0.2, 0.25) is 10.0 Å². The van der Waals surface area contributed by atoms with E-state index < -0.39 is 18.1 Å². The van der Waals surface area contributed by atoms with Crippen LogP contribution in [0.5, 0.6) is 0 Å². The van der Waals surface area contributed by atoms with Crippen LogP contribution in [0, 0.1) is 12.3 Å². The number of hydrogen-bond donors (Lipinski definition) is 1. The molecule has 2 atom stereocenters. The second kappa shape index (κ2) is 5.12. The number of amides is 2. The summed E-state index contributed by atoms with van der Waals surface area (Å²) in [5.41, 5.74) is 6.47. The van der Waals surface area contributed by atoms with E-state index in [-0.39, 0.29) is 5.84 Å². The van der Waals surface area contributed by atoms with Crippen molar-refractivity contribution in [2.45, 2.75) is 19.0 Å². The van der Waals surface area contributed by atoms with Crippen molar-refractivity contribution in [2.24, 2.45) is 10.7 Å². The number of carbonyl (C=O) groups excluding carboxylic acids is 1. The van der Waals surface area contributed by atoms with Crippen molar-refractivity contribution in [1.29, 1.82) is 0 Å². The first-order valence-corrected chi connectivity index (χ1v) is 6.28. The maximum atomic E-state index is 11.8. The number of nitrogens with two attached hydrogens (primary N) is 1. The molecule has 2 amide bonds. The van der Waals surface area contributed by atoms with E-state index >= 15 is 0 Å². The van der Waals surface area contributed by atoms with E-state index in [0.717, 1.165) is 0 Å². The molecule has 0 saturated carbocycles. The Labute approximate surface area is 121 Å². The third-order valence-corrected chi connectivity index (χ3v) is 3.48. The third kappa shape index (κ3) is 2.40. The predicted molar refractivity (Wildman–Crippen MR) is 76.4 cm³/mol. The second-order valence-corrected chi connectivity index (χ2v) is 4.98. The minimum absolute atomic E-state index is 0.177. The number of halogens is 2. The SMILES string of the molecule is C#CC(C)N1C(=O)N=C(N)C1c1ccc(Cl)cc1Cl. The topological polar surface area (TPSA) is 58.7 Å². The Hall–Kier alpha value is -1.70. The van der Waals surface area contributed by atoms with Gasteiger partial charge in [-0.25, -0.2) is 4.79 Å². The van der Waals surface area contributed by atoms with Crippen LogP contribution in [0.4, 0.5) is 4.79 Å². The average Bonchev–Trinajstić information content (AvgIpc) is 2.63. The van der Waals surface area contributed by atoms with Gasteiger partial charge in [-0.15, -0.1) is 6.42 Å². The van der Waals surface area contributed by atoms with E-state index in [0.29, 0.717) is 15.6 Å². The fourth-order valence-electron chi connectivity index (χ4n) is 1.98. The first kappa shape index (κ1) is 13.7. The van der Waals surface area contributed by atoms with Crippen molar-refractivity contribution in [3.8, 4) is 12.3 Å². The van der Waals surface area contributed by atoms with Gasteiger partial charge in [0.2, 0.25) is 0 Å². The van der Waals surface area contributed by atoms with E-state index in [1.807, 2.05) is 0 Å². The van der Waals surface area contributed by atoms with Crippen LogP contribution in [0.15, 0.2) is 23.2 Å². The van der Waals surface area contributed by atoms with Gasteiger partial charge >= 0.3 is 6.03 Å². The largest absolute Gasteiger partial charge is 0.385 e. The zero-order chi connectivity index (χ0) is 14.2. The Morgan fingerprint density at radius 2 is 2.21 bits per heavy atom. The van der Waals surface area contributed by atoms with Gasteiger partial charge in [-0.05, 0) is 19.1 Å². The number of carbonyl (C=O) groups is 1. The number of benzene rings is 1. The number of terminal acetylenes is 1. The van der Waals surface area contributed by atoms with Gasteiger partial charge in [-0.2, -0.15) is 4.99 Å². The number of aliphatic imine (C=N–C) groups is 1. The van der Waals surface area contributed by atoms with E-state index in [1.165, 1.54) is 4.90 Å². The molecule has 0 bridgehead atoms. The van der Waals surface area contributed by atoms with Crippen molar-refractivity contribution in [2.75, 3.05) is 0 Å². The van der Waals surface area contributed by atoms with Crippen LogP contribution < -0.4 is 5.73 Å². The summed E-state index contributed by atoms with van der Waals surface area (Å²) < 4.78 is 0. The van der Waals surface area contributed by atoms with Crippen molar-refractivity contribution < 1.29 is 4.79 Å². The van der Waals surface area contributed by atoms with Gasteiger partial charge in [-0.3, -0.25) is 4.90 Å². The first-order valence-electron chi connectivity index (χ1n) is 5.53. The molecule has 1 aromatic rings. The molecule has 0 fully saturated rings. The molecule has 0 aliphatic carbocycles. The van der Waals surface area contributed by atoms with Crippen molar-refractivity contribution in [3.63, 3.8) is 0 Å². The fourth-order valence-corrected chi connectivity index (χ4v) is 2.50. The molecule has 19 heavy (non-hydrogen) atoms. The molecule has 0 saturated heterocycles. The lowest BCUT2D eigenvalue weighted by Crippen LogP contribution is -2.39. The number of urea groups is 1. The van der Waals surface area contributed by atoms with E-state index in [1.54, 1.807) is 25.1 Å². The summed E-state index contributed by atoms with van der Waals surface area (Å²) in [6, 6.07) is 3.54. The van der Waals surface area contributed by atoms with E-state index in [2.05, 4.69) is 10.9 Å². The molecule has 1 heterocycles. The first-order chi connectivity index (χ1) is 8.95. The van der Waals surface area contributed by atoms with Gasteiger partial charge in [-0.1, -0.05) is 35.2 Å². The second-order valence-electron chi connectivity index (χ2n) is 4.14. The summed E-state index contributed by atoms with van der Waals surface area (Å²) in [7, 11) is 0. The standard InChI is InChI=1S/C13H11Cl2N3O/c1-3-7(2)18-11(12(16)17-13(18)19)9-5-4-8(14)6-10(9)15/h1,4-7,11H,2H3,(H2,16,17,19). The molecule has 0 radical (unpaired) electrons. The Bertz CT molecular complexity index is 606. The summed E-state index contributed by atoms with van der Waals surface area (Å²) in [6.07, 6.45) is 5.37. The molecule has 2 unspecified atom stereocenters. The summed E-state index contributed by atoms with van der Waals surface area (Å²) in [5, 5.41) is 0.921. The molecule has 2 rings (SSSR count). The molecule has 0 spiro atoms. The van der Waals surface area contributed by atoms with Gasteiger partial charge in [0, 0.05) is 15.6 Å². The Morgan fingerprint density at radius 1 is 1.53 bits per heavy atom. The van der Waals surface area contributed by atoms with Crippen molar-refractivity contribution in [1.82, 2.24) is 4.90 Å². The molecular weight excluding hydrogens is 285 g/mol. The molecule has 1 aromatic carbocycles. The highest BCUT2D eigenvalue weighted by Crippen LogP contribution is 2.34. The highest BCUT2D eigenvalue weighted by molar-refractivity contribution is 6.35. The lowest BCUT2D eigenvalue weighted by atomic mass is 10.0. The molecule has 1 aliphatic rings. The van der Waals surface area contributed by atoms with Crippen molar-refractivity contribution >= 4 is 35.1 Å². The monoisotopic (exact) mass is 295 g/mol. The Balaban J connectivity index is 2.49. The summed E-state index contributed by atoms with van der Waals surface area (Å²) in [5.74, 6) is 2.67. The van der Waals surface area contributed by atoms with Gasteiger partial charge in [0.15, 0.2) is 0 Å². The molecule has 6 heteroatoms. The van der Waals surface area contributed by atoms with Crippen molar-refractivity contribution in [3.05, 3.63) is 33.8 Å². The average molecular weight is 296 g/mol. The quantitative estimate of drug-likeness (QED) is 0.853. The fraction of sp³-hybridized carbons (Fsp3) is 0.231. The minimum Gasteiger partial charge on any atom is -0.385 e. The molecule has 0 aromatic heterocycles. The summed E-state index contributed by atoms with van der Waals surface area (Å²) in [6.45, 7) is 1.73. The molecule has 98 valence electrons. The number of nitrogens with zero attached hydrogens (tertiary/aromatic N) is 2. The van der Waals surface area contributed by atoms with Gasteiger partial charge in [0.05, 0.1) is 6.04 Å². The molecule has 2 N–H and O–H groups in total. The third-order valence-electron chi connectivity index (χ3n) is 2.92. The normalized spacial score (nSPS) is 20.1. The van der Waals surface area contributed by atoms with Crippen LogP contribution in [-0.4, -0.2) is 22.8 Å². The zero-order valence-corrected chi connectivity index (χ0v) is 11.6.